The van der Waals surface area contributed by atoms with Gasteiger partial charge in [-0.2, -0.15) is 5.10 Å². The zero-order valence-corrected chi connectivity index (χ0v) is 19.9. The molecule has 0 aliphatic carbocycles. The molecule has 34 heavy (non-hydrogen) atoms. The Kier molecular flexibility index (Phi) is 6.13. The van der Waals surface area contributed by atoms with Gasteiger partial charge in [0.2, 0.25) is 0 Å². The summed E-state index contributed by atoms with van der Waals surface area (Å²) in [5.41, 5.74) is 5.25. The molecule has 5 rings (SSSR count). The number of rotatable bonds is 5. The largest absolute Gasteiger partial charge is 0.288 e. The minimum absolute atomic E-state index is 0.131. The summed E-state index contributed by atoms with van der Waals surface area (Å²) in [5.74, 6) is -0.446. The zero-order chi connectivity index (χ0) is 23.7. The molecule has 3 aromatic carbocycles. The second-order valence-corrected chi connectivity index (χ2v) is 9.65. The first-order valence-electron chi connectivity index (χ1n) is 10.7. The minimum Gasteiger partial charge on any atom is -0.288 e. The van der Waals surface area contributed by atoms with Gasteiger partial charge >= 0.3 is 0 Å². The first-order valence-corrected chi connectivity index (χ1v) is 11.9. The van der Waals surface area contributed by atoms with E-state index in [0.29, 0.717) is 21.5 Å². The van der Waals surface area contributed by atoms with Gasteiger partial charge in [-0.15, -0.1) is 0 Å². The Balaban J connectivity index is 1.51. The van der Waals surface area contributed by atoms with Gasteiger partial charge in [0.05, 0.1) is 22.8 Å². The summed E-state index contributed by atoms with van der Waals surface area (Å²) < 4.78 is 15.8. The standard InChI is InChI=1S/C27H20FN3OS2/c1-18-7-9-19(10-8-18)16-30-26(32)24(34-27(30)33)15-21-17-31(23-5-3-2-4-6-23)29-25(21)20-11-13-22(28)14-12-20/h2-15,17H,16H2,1H3/b24-15-. The molecule has 1 amide bonds. The molecular formula is C27H20FN3OS2. The van der Waals surface area contributed by atoms with Crippen LogP contribution in [0.25, 0.3) is 23.0 Å². The summed E-state index contributed by atoms with van der Waals surface area (Å²) in [7, 11) is 0. The van der Waals surface area contributed by atoms with Gasteiger partial charge in [-0.1, -0.05) is 72.0 Å². The lowest BCUT2D eigenvalue weighted by Crippen LogP contribution is -2.27. The Morgan fingerprint density at radius 1 is 1.00 bits per heavy atom. The molecule has 0 bridgehead atoms. The maximum atomic E-state index is 13.5. The van der Waals surface area contributed by atoms with Crippen LogP contribution in [0.15, 0.2) is 90.0 Å². The van der Waals surface area contributed by atoms with Crippen LogP contribution in [-0.2, 0) is 11.3 Å². The summed E-state index contributed by atoms with van der Waals surface area (Å²) >= 11 is 6.81. The minimum atomic E-state index is -0.315. The van der Waals surface area contributed by atoms with Crippen molar-refractivity contribution in [3.05, 3.63) is 112 Å². The quantitative estimate of drug-likeness (QED) is 0.243. The molecule has 1 aliphatic rings. The highest BCUT2D eigenvalue weighted by Gasteiger charge is 2.32. The summed E-state index contributed by atoms with van der Waals surface area (Å²) in [6, 6.07) is 24.0. The van der Waals surface area contributed by atoms with Gasteiger partial charge in [0.25, 0.3) is 5.91 Å². The van der Waals surface area contributed by atoms with E-state index >= 15 is 0 Å². The number of amides is 1. The lowest BCUT2D eigenvalue weighted by atomic mass is 10.1. The van der Waals surface area contributed by atoms with Crippen LogP contribution >= 0.6 is 24.0 Å². The van der Waals surface area contributed by atoms with Crippen molar-refractivity contribution in [2.24, 2.45) is 0 Å². The lowest BCUT2D eigenvalue weighted by Gasteiger charge is -2.14. The molecule has 0 saturated carbocycles. The maximum absolute atomic E-state index is 13.5. The van der Waals surface area contributed by atoms with E-state index in [0.717, 1.165) is 27.9 Å². The fourth-order valence-corrected chi connectivity index (χ4v) is 4.94. The van der Waals surface area contributed by atoms with E-state index in [4.69, 9.17) is 17.3 Å². The van der Waals surface area contributed by atoms with Crippen molar-refractivity contribution < 1.29 is 9.18 Å². The number of thioether (sulfide) groups is 1. The second-order valence-electron chi connectivity index (χ2n) is 7.97. The van der Waals surface area contributed by atoms with Gasteiger partial charge in [0.1, 0.15) is 10.1 Å². The highest BCUT2D eigenvalue weighted by molar-refractivity contribution is 8.26. The topological polar surface area (TPSA) is 38.1 Å². The van der Waals surface area contributed by atoms with Crippen LogP contribution in [0.1, 0.15) is 16.7 Å². The van der Waals surface area contributed by atoms with Gasteiger partial charge in [-0.3, -0.25) is 9.69 Å². The number of para-hydroxylation sites is 1. The number of benzene rings is 3. The third-order valence-corrected chi connectivity index (χ3v) is 6.88. The van der Waals surface area contributed by atoms with Crippen molar-refractivity contribution in [2.75, 3.05) is 0 Å². The number of thiocarbonyl (C=S) groups is 1. The molecule has 1 fully saturated rings. The fraction of sp³-hybridized carbons (Fsp3) is 0.0741. The predicted molar refractivity (Wildman–Crippen MR) is 139 cm³/mol. The molecule has 0 unspecified atom stereocenters. The zero-order valence-electron chi connectivity index (χ0n) is 18.3. The van der Waals surface area contributed by atoms with Crippen molar-refractivity contribution in [2.45, 2.75) is 13.5 Å². The summed E-state index contributed by atoms with van der Waals surface area (Å²) in [6.07, 6.45) is 3.69. The van der Waals surface area contributed by atoms with Gasteiger partial charge in [0, 0.05) is 17.3 Å². The van der Waals surface area contributed by atoms with Crippen molar-refractivity contribution in [3.8, 4) is 16.9 Å². The molecule has 7 heteroatoms. The van der Waals surface area contributed by atoms with E-state index < -0.39 is 0 Å². The van der Waals surface area contributed by atoms with E-state index in [9.17, 15) is 9.18 Å². The van der Waals surface area contributed by atoms with E-state index in [1.807, 2.05) is 73.8 Å². The van der Waals surface area contributed by atoms with E-state index in [1.54, 1.807) is 21.7 Å². The molecule has 4 aromatic rings. The maximum Gasteiger partial charge on any atom is 0.266 e. The average molecular weight is 486 g/mol. The number of hydrogen-bond donors (Lipinski definition) is 0. The van der Waals surface area contributed by atoms with Crippen molar-refractivity contribution in [3.63, 3.8) is 0 Å². The van der Waals surface area contributed by atoms with Gasteiger partial charge < -0.3 is 0 Å². The van der Waals surface area contributed by atoms with E-state index in [1.165, 1.54) is 23.9 Å². The number of carbonyl (C=O) groups excluding carboxylic acids is 1. The monoisotopic (exact) mass is 485 g/mol. The van der Waals surface area contributed by atoms with Crippen LogP contribution in [0.2, 0.25) is 0 Å². The van der Waals surface area contributed by atoms with Crippen LogP contribution < -0.4 is 0 Å². The van der Waals surface area contributed by atoms with Gasteiger partial charge in [0.15, 0.2) is 0 Å². The highest BCUT2D eigenvalue weighted by Crippen LogP contribution is 2.35. The Morgan fingerprint density at radius 2 is 1.71 bits per heavy atom. The summed E-state index contributed by atoms with van der Waals surface area (Å²) in [4.78, 5) is 15.4. The number of nitrogens with zero attached hydrogens (tertiary/aromatic N) is 3. The highest BCUT2D eigenvalue weighted by atomic mass is 32.2. The third kappa shape index (κ3) is 4.58. The molecule has 1 aliphatic heterocycles. The number of halogens is 1. The van der Waals surface area contributed by atoms with Crippen LogP contribution in [0.4, 0.5) is 4.39 Å². The van der Waals surface area contributed by atoms with Crippen molar-refractivity contribution in [1.29, 1.82) is 0 Å². The Morgan fingerprint density at radius 3 is 2.41 bits per heavy atom. The van der Waals surface area contributed by atoms with E-state index in [-0.39, 0.29) is 11.7 Å². The summed E-state index contributed by atoms with van der Waals surface area (Å²) in [6.45, 7) is 2.46. The predicted octanol–water partition coefficient (Wildman–Crippen LogP) is 6.39. The number of carbonyl (C=O) groups is 1. The first kappa shape index (κ1) is 22.3. The molecule has 4 nitrogen and oxygen atoms in total. The van der Waals surface area contributed by atoms with Crippen LogP contribution in [0.3, 0.4) is 0 Å². The normalized spacial score (nSPS) is 14.9. The van der Waals surface area contributed by atoms with Gasteiger partial charge in [-0.05, 0) is 55.0 Å². The number of aromatic nitrogens is 2. The molecule has 0 N–H and O–H groups in total. The number of aryl methyl sites for hydroxylation is 1. The SMILES string of the molecule is Cc1ccc(CN2C(=O)/C(=C/c3cn(-c4ccccc4)nc3-c3ccc(F)cc3)SC2=S)cc1. The van der Waals surface area contributed by atoms with Gasteiger partial charge in [-0.25, -0.2) is 9.07 Å². The second kappa shape index (κ2) is 9.37. The number of hydrogen-bond acceptors (Lipinski definition) is 4. The molecular weight excluding hydrogens is 465 g/mol. The van der Waals surface area contributed by atoms with Crippen LogP contribution in [0, 0.1) is 12.7 Å². The Hall–Kier alpha value is -3.55. The Labute approximate surface area is 206 Å². The average Bonchev–Trinajstić information content (AvgIpc) is 3.38. The van der Waals surface area contributed by atoms with Crippen LogP contribution in [0.5, 0.6) is 0 Å². The smallest absolute Gasteiger partial charge is 0.266 e. The Bertz CT molecular complexity index is 1390. The van der Waals surface area contributed by atoms with Crippen molar-refractivity contribution in [1.82, 2.24) is 14.7 Å². The molecule has 1 aromatic heterocycles. The molecule has 0 atom stereocenters. The lowest BCUT2D eigenvalue weighted by molar-refractivity contribution is -0.122. The molecule has 0 radical (unpaired) electrons. The first-order chi connectivity index (χ1) is 16.5. The van der Waals surface area contributed by atoms with Crippen LogP contribution in [-0.4, -0.2) is 24.9 Å². The third-order valence-electron chi connectivity index (χ3n) is 5.50. The molecule has 168 valence electrons. The van der Waals surface area contributed by atoms with Crippen molar-refractivity contribution >= 4 is 40.3 Å². The molecule has 2 heterocycles. The fourth-order valence-electron chi connectivity index (χ4n) is 3.69. The molecule has 0 spiro atoms. The van der Waals surface area contributed by atoms with E-state index in [2.05, 4.69) is 0 Å². The molecule has 1 saturated heterocycles. The summed E-state index contributed by atoms with van der Waals surface area (Å²) in [5, 5.41) is 4.74.